The van der Waals surface area contributed by atoms with Crippen molar-refractivity contribution in [2.45, 2.75) is 51.6 Å². The minimum atomic E-state index is 0.164. The molecule has 0 aromatic carbocycles. The van der Waals surface area contributed by atoms with E-state index in [2.05, 4.69) is 11.4 Å². The van der Waals surface area contributed by atoms with E-state index in [-0.39, 0.29) is 5.60 Å². The van der Waals surface area contributed by atoms with Gasteiger partial charge < -0.3 is 10.1 Å². The van der Waals surface area contributed by atoms with Gasteiger partial charge in [0.15, 0.2) is 0 Å². The van der Waals surface area contributed by atoms with Crippen molar-refractivity contribution in [2.75, 3.05) is 19.7 Å². The quantitative estimate of drug-likeness (QED) is 0.744. The number of ether oxygens (including phenoxy) is 1. The lowest BCUT2D eigenvalue weighted by atomic mass is 9.82. The topological polar surface area (TPSA) is 45.0 Å². The smallest absolute Gasteiger partial charge is 0.0707 e. The van der Waals surface area contributed by atoms with Gasteiger partial charge in [0.1, 0.15) is 0 Å². The summed E-state index contributed by atoms with van der Waals surface area (Å²) in [4.78, 5) is 0. The van der Waals surface area contributed by atoms with Crippen LogP contribution < -0.4 is 5.32 Å². The molecule has 0 aliphatic carbocycles. The van der Waals surface area contributed by atoms with E-state index in [4.69, 9.17) is 10.00 Å². The Morgan fingerprint density at radius 2 is 2.00 bits per heavy atom. The second-order valence-electron chi connectivity index (χ2n) is 4.51. The molecule has 1 spiro atoms. The van der Waals surface area contributed by atoms with Crippen molar-refractivity contribution in [1.82, 2.24) is 5.32 Å². The lowest BCUT2D eigenvalue weighted by Crippen LogP contribution is -2.47. The van der Waals surface area contributed by atoms with Crippen LogP contribution in [0, 0.1) is 17.2 Å². The Hall–Kier alpha value is -0.590. The van der Waals surface area contributed by atoms with E-state index in [1.54, 1.807) is 0 Å². The average Bonchev–Trinajstić information content (AvgIpc) is 2.36. The fraction of sp³-hybridized carbons (Fsp3) is 0.923. The monoisotopic (exact) mass is 224 g/mol. The Morgan fingerprint density at radius 3 is 2.50 bits per heavy atom. The van der Waals surface area contributed by atoms with Crippen molar-refractivity contribution in [3.05, 3.63) is 0 Å². The fourth-order valence-electron chi connectivity index (χ4n) is 2.48. The van der Waals surface area contributed by atoms with Crippen LogP contribution in [0.15, 0.2) is 0 Å². The summed E-state index contributed by atoms with van der Waals surface area (Å²) in [5.41, 5.74) is 0.164. The number of hydrogen-bond acceptors (Lipinski definition) is 3. The molecular formula is C13H24N2O. The number of nitrogens with one attached hydrogen (secondary N) is 1. The molecule has 2 aliphatic heterocycles. The normalized spacial score (nSPS) is 27.7. The molecule has 2 heterocycles. The Balaban J connectivity index is 0.000000606. The summed E-state index contributed by atoms with van der Waals surface area (Å²) >= 11 is 0. The molecule has 2 saturated heterocycles. The summed E-state index contributed by atoms with van der Waals surface area (Å²) < 4.78 is 5.98. The van der Waals surface area contributed by atoms with E-state index in [0.717, 1.165) is 39.0 Å². The van der Waals surface area contributed by atoms with Crippen LogP contribution in [-0.2, 0) is 4.74 Å². The average molecular weight is 224 g/mol. The Labute approximate surface area is 99.2 Å². The highest BCUT2D eigenvalue weighted by atomic mass is 16.5. The summed E-state index contributed by atoms with van der Waals surface area (Å²) in [5, 5.41) is 12.0. The molecule has 0 aromatic rings. The van der Waals surface area contributed by atoms with Gasteiger partial charge in [-0.2, -0.15) is 5.26 Å². The van der Waals surface area contributed by atoms with E-state index in [0.29, 0.717) is 12.3 Å². The largest absolute Gasteiger partial charge is 0.375 e. The van der Waals surface area contributed by atoms with Gasteiger partial charge in [-0.3, -0.25) is 0 Å². The first-order valence-electron chi connectivity index (χ1n) is 6.56. The summed E-state index contributed by atoms with van der Waals surface area (Å²) in [7, 11) is 0. The Kier molecular flexibility index (Phi) is 5.79. The highest BCUT2D eigenvalue weighted by molar-refractivity contribution is 4.91. The number of nitriles is 1. The van der Waals surface area contributed by atoms with Crippen LogP contribution in [0.5, 0.6) is 0 Å². The van der Waals surface area contributed by atoms with Crippen molar-refractivity contribution >= 4 is 0 Å². The molecule has 3 nitrogen and oxygen atoms in total. The van der Waals surface area contributed by atoms with Crippen LogP contribution in [0.1, 0.15) is 46.0 Å². The molecule has 1 unspecified atom stereocenters. The summed E-state index contributed by atoms with van der Waals surface area (Å²) in [6.45, 7) is 6.97. The van der Waals surface area contributed by atoms with Gasteiger partial charge in [-0.15, -0.1) is 0 Å². The molecule has 0 saturated carbocycles. The standard InChI is InChI=1S/C11H18N2O.C2H6/c12-6-2-10-1-3-11(14-9-10)4-7-13-8-5-11;1-2/h10,13H,1-5,7-9H2;1-2H3. The lowest BCUT2D eigenvalue weighted by molar-refractivity contribution is -0.115. The highest BCUT2D eigenvalue weighted by Gasteiger charge is 2.37. The third kappa shape index (κ3) is 3.47. The molecule has 2 fully saturated rings. The maximum absolute atomic E-state index is 8.60. The third-order valence-electron chi connectivity index (χ3n) is 3.53. The molecular weight excluding hydrogens is 200 g/mol. The molecule has 2 rings (SSSR count). The number of piperidine rings is 1. The van der Waals surface area contributed by atoms with Crippen molar-refractivity contribution in [3.8, 4) is 6.07 Å². The molecule has 3 heteroatoms. The van der Waals surface area contributed by atoms with Gasteiger partial charge >= 0.3 is 0 Å². The molecule has 0 amide bonds. The van der Waals surface area contributed by atoms with Crippen LogP contribution >= 0.6 is 0 Å². The van der Waals surface area contributed by atoms with Gasteiger partial charge in [0.25, 0.3) is 0 Å². The first-order valence-corrected chi connectivity index (χ1v) is 6.56. The summed E-state index contributed by atoms with van der Waals surface area (Å²) in [5.74, 6) is 0.487. The van der Waals surface area contributed by atoms with Crippen molar-refractivity contribution in [3.63, 3.8) is 0 Å². The second-order valence-corrected chi connectivity index (χ2v) is 4.51. The molecule has 1 atom stereocenters. The molecule has 16 heavy (non-hydrogen) atoms. The highest BCUT2D eigenvalue weighted by Crippen LogP contribution is 2.35. The van der Waals surface area contributed by atoms with Gasteiger partial charge in [0, 0.05) is 6.42 Å². The predicted molar refractivity (Wildman–Crippen MR) is 65.1 cm³/mol. The zero-order valence-electron chi connectivity index (χ0n) is 10.6. The molecule has 0 radical (unpaired) electrons. The summed E-state index contributed by atoms with van der Waals surface area (Å²) in [6, 6.07) is 2.24. The fourth-order valence-corrected chi connectivity index (χ4v) is 2.48. The Morgan fingerprint density at radius 1 is 1.31 bits per heavy atom. The van der Waals surface area contributed by atoms with Crippen molar-refractivity contribution in [1.29, 1.82) is 5.26 Å². The van der Waals surface area contributed by atoms with Crippen LogP contribution in [-0.4, -0.2) is 25.3 Å². The summed E-state index contributed by atoms with van der Waals surface area (Å²) in [6.07, 6.45) is 5.28. The van der Waals surface area contributed by atoms with E-state index in [1.165, 1.54) is 6.42 Å². The van der Waals surface area contributed by atoms with Gasteiger partial charge in [-0.05, 0) is 44.7 Å². The van der Waals surface area contributed by atoms with Gasteiger partial charge in [0.05, 0.1) is 18.3 Å². The number of hydrogen-bond donors (Lipinski definition) is 1. The predicted octanol–water partition coefficient (Wildman–Crippen LogP) is 2.48. The zero-order chi connectivity index (χ0) is 11.9. The van der Waals surface area contributed by atoms with Crippen LogP contribution in [0.2, 0.25) is 0 Å². The van der Waals surface area contributed by atoms with E-state index in [9.17, 15) is 0 Å². The second kappa shape index (κ2) is 6.88. The van der Waals surface area contributed by atoms with Gasteiger partial charge in [-0.1, -0.05) is 13.8 Å². The van der Waals surface area contributed by atoms with E-state index in [1.807, 2.05) is 13.8 Å². The number of rotatable bonds is 1. The molecule has 0 aromatic heterocycles. The zero-order valence-corrected chi connectivity index (χ0v) is 10.6. The van der Waals surface area contributed by atoms with Gasteiger partial charge in [0.2, 0.25) is 0 Å². The minimum Gasteiger partial charge on any atom is -0.375 e. The van der Waals surface area contributed by atoms with Crippen molar-refractivity contribution < 1.29 is 4.74 Å². The van der Waals surface area contributed by atoms with Crippen LogP contribution in [0.3, 0.4) is 0 Å². The maximum Gasteiger partial charge on any atom is 0.0707 e. The molecule has 2 aliphatic rings. The van der Waals surface area contributed by atoms with Crippen molar-refractivity contribution in [2.24, 2.45) is 5.92 Å². The molecule has 1 N–H and O–H groups in total. The van der Waals surface area contributed by atoms with Crippen LogP contribution in [0.4, 0.5) is 0 Å². The molecule has 0 bridgehead atoms. The first kappa shape index (κ1) is 13.5. The van der Waals surface area contributed by atoms with Gasteiger partial charge in [-0.25, -0.2) is 0 Å². The van der Waals surface area contributed by atoms with Crippen LogP contribution in [0.25, 0.3) is 0 Å². The lowest BCUT2D eigenvalue weighted by Gasteiger charge is -2.42. The SMILES string of the molecule is CC.N#CCC1CCC2(CCNCC2)OC1. The van der Waals surface area contributed by atoms with E-state index < -0.39 is 0 Å². The minimum absolute atomic E-state index is 0.164. The molecule has 92 valence electrons. The Bertz CT molecular complexity index is 219. The number of nitrogens with zero attached hydrogens (tertiary/aromatic N) is 1. The third-order valence-corrected chi connectivity index (χ3v) is 3.53. The first-order chi connectivity index (χ1) is 7.85. The maximum atomic E-state index is 8.60. The van der Waals surface area contributed by atoms with E-state index >= 15 is 0 Å².